The van der Waals surface area contributed by atoms with E-state index in [9.17, 15) is 4.79 Å². The van der Waals surface area contributed by atoms with Crippen LogP contribution in [0.4, 0.5) is 0 Å². The summed E-state index contributed by atoms with van der Waals surface area (Å²) in [6.07, 6.45) is 2.24. The number of hydrogen-bond donors (Lipinski definition) is 0. The predicted molar refractivity (Wildman–Crippen MR) is 131 cm³/mol. The van der Waals surface area contributed by atoms with Crippen molar-refractivity contribution in [1.29, 1.82) is 0 Å². The zero-order valence-corrected chi connectivity index (χ0v) is 18.6. The van der Waals surface area contributed by atoms with Gasteiger partial charge < -0.3 is 4.74 Å². The molecule has 2 aliphatic rings. The number of rotatable bonds is 3. The van der Waals surface area contributed by atoms with Crippen LogP contribution in [0.15, 0.2) is 115 Å². The summed E-state index contributed by atoms with van der Waals surface area (Å²) in [5, 5.41) is 0.617. The van der Waals surface area contributed by atoms with Crippen molar-refractivity contribution in [2.45, 2.75) is 11.5 Å². The van der Waals surface area contributed by atoms with Crippen LogP contribution in [0.3, 0.4) is 0 Å². The van der Waals surface area contributed by atoms with Gasteiger partial charge in [0.25, 0.3) is 0 Å². The summed E-state index contributed by atoms with van der Waals surface area (Å²) >= 11 is 6.44. The molecule has 0 unspecified atom stereocenters. The van der Waals surface area contributed by atoms with E-state index in [4.69, 9.17) is 16.3 Å². The van der Waals surface area contributed by atoms with Crippen molar-refractivity contribution in [2.75, 3.05) is 0 Å². The van der Waals surface area contributed by atoms with Gasteiger partial charge in [0.1, 0.15) is 0 Å². The van der Waals surface area contributed by atoms with E-state index in [1.165, 1.54) is 0 Å². The third-order valence-electron chi connectivity index (χ3n) is 6.82. The van der Waals surface area contributed by atoms with Crippen LogP contribution in [0.2, 0.25) is 5.02 Å². The number of esters is 1. The summed E-state index contributed by atoms with van der Waals surface area (Å²) in [5.74, 6) is -0.887. The molecule has 0 radical (unpaired) electrons. The minimum absolute atomic E-state index is 0.223. The molecule has 0 bridgehead atoms. The van der Waals surface area contributed by atoms with Crippen molar-refractivity contribution >= 4 is 23.1 Å². The highest BCUT2D eigenvalue weighted by atomic mass is 35.5. The number of halogens is 1. The smallest absolute Gasteiger partial charge is 0.315 e. The van der Waals surface area contributed by atoms with Gasteiger partial charge in [0, 0.05) is 22.1 Å². The van der Waals surface area contributed by atoms with E-state index < -0.39 is 11.5 Å². The minimum atomic E-state index is -0.926. The molecular formula is C30H21ClO2. The molecule has 0 aromatic heterocycles. The predicted octanol–water partition coefficient (Wildman–Crippen LogP) is 6.99. The summed E-state index contributed by atoms with van der Waals surface area (Å²) < 4.78 is 6.42. The zero-order chi connectivity index (χ0) is 22.4. The topological polar surface area (TPSA) is 26.3 Å². The van der Waals surface area contributed by atoms with E-state index in [2.05, 4.69) is 18.2 Å². The number of carbonyl (C=O) groups excluding carboxylic acids is 1. The van der Waals surface area contributed by atoms with E-state index in [-0.39, 0.29) is 11.9 Å². The summed E-state index contributed by atoms with van der Waals surface area (Å²) in [7, 11) is 0. The second kappa shape index (κ2) is 7.75. The fourth-order valence-electron chi connectivity index (χ4n) is 5.42. The van der Waals surface area contributed by atoms with Gasteiger partial charge in [0.15, 0.2) is 5.60 Å². The Morgan fingerprint density at radius 3 is 1.91 bits per heavy atom. The van der Waals surface area contributed by atoms with Crippen LogP contribution in [-0.4, -0.2) is 5.97 Å². The molecule has 1 heterocycles. The summed E-state index contributed by atoms with van der Waals surface area (Å²) in [5.41, 5.74) is 5.15. The zero-order valence-electron chi connectivity index (χ0n) is 17.8. The van der Waals surface area contributed by atoms with Gasteiger partial charge in [0.05, 0.1) is 5.92 Å². The molecule has 0 spiro atoms. The van der Waals surface area contributed by atoms with Crippen molar-refractivity contribution in [1.82, 2.24) is 0 Å². The molecule has 0 saturated carbocycles. The summed E-state index contributed by atoms with van der Waals surface area (Å²) in [4.78, 5) is 13.6. The monoisotopic (exact) mass is 448 g/mol. The van der Waals surface area contributed by atoms with Gasteiger partial charge in [-0.1, -0.05) is 115 Å². The lowest BCUT2D eigenvalue weighted by Crippen LogP contribution is -2.35. The van der Waals surface area contributed by atoms with Crippen LogP contribution in [0.1, 0.15) is 33.7 Å². The third kappa shape index (κ3) is 3.06. The average Bonchev–Trinajstić information content (AvgIpc) is 3.18. The Balaban J connectivity index is 1.67. The molecule has 3 heteroatoms. The van der Waals surface area contributed by atoms with Gasteiger partial charge in [-0.3, -0.25) is 4.79 Å². The molecule has 6 rings (SSSR count). The first-order valence-electron chi connectivity index (χ1n) is 11.1. The first-order valence-corrected chi connectivity index (χ1v) is 11.5. The number of carbonyl (C=O) groups is 1. The lowest BCUT2D eigenvalue weighted by molar-refractivity contribution is -0.147. The van der Waals surface area contributed by atoms with Crippen LogP contribution in [0, 0.1) is 5.92 Å². The van der Waals surface area contributed by atoms with E-state index in [1.807, 2.05) is 97.1 Å². The second-order valence-corrected chi connectivity index (χ2v) is 9.01. The highest BCUT2D eigenvalue weighted by molar-refractivity contribution is 6.30. The number of hydrogen-bond acceptors (Lipinski definition) is 2. The SMILES string of the molecule is O=C1OC(c2ccccc2)(c2ccccc2)[C@@H]2C=C(c3ccccc3)c3ccc(Cl)cc3[C@H]12. The molecule has 0 N–H and O–H groups in total. The molecule has 2 atom stereocenters. The van der Waals surface area contributed by atoms with Gasteiger partial charge in [-0.05, 0) is 34.4 Å². The number of benzene rings is 4. The molecular weight excluding hydrogens is 428 g/mol. The fraction of sp³-hybridized carbons (Fsp3) is 0.100. The third-order valence-corrected chi connectivity index (χ3v) is 7.05. The molecule has 160 valence electrons. The molecule has 1 saturated heterocycles. The highest BCUT2D eigenvalue weighted by Gasteiger charge is 2.58. The van der Waals surface area contributed by atoms with Gasteiger partial charge in [-0.15, -0.1) is 0 Å². The van der Waals surface area contributed by atoms with Gasteiger partial charge in [-0.2, -0.15) is 0 Å². The Hall–Kier alpha value is -3.62. The largest absolute Gasteiger partial charge is 0.448 e. The molecule has 2 nitrogen and oxygen atoms in total. The van der Waals surface area contributed by atoms with Crippen LogP contribution in [0.5, 0.6) is 0 Å². The van der Waals surface area contributed by atoms with E-state index in [0.29, 0.717) is 5.02 Å². The van der Waals surface area contributed by atoms with Gasteiger partial charge >= 0.3 is 5.97 Å². The maximum absolute atomic E-state index is 13.6. The van der Waals surface area contributed by atoms with Crippen LogP contribution in [-0.2, 0) is 15.1 Å². The van der Waals surface area contributed by atoms with Crippen LogP contribution >= 0.6 is 11.6 Å². The van der Waals surface area contributed by atoms with Crippen molar-refractivity contribution < 1.29 is 9.53 Å². The van der Waals surface area contributed by atoms with E-state index in [0.717, 1.165) is 33.4 Å². The van der Waals surface area contributed by atoms with E-state index in [1.54, 1.807) is 0 Å². The Bertz CT molecular complexity index is 1320. The maximum atomic E-state index is 13.6. The Labute approximate surface area is 198 Å². The highest BCUT2D eigenvalue weighted by Crippen LogP contribution is 2.57. The standard InChI is InChI=1S/C30H21ClO2/c31-23-16-17-24-25(20-10-4-1-5-11-20)19-27-28(26(24)18-23)29(32)33-30(27,21-12-6-2-7-13-21)22-14-8-3-9-15-22/h1-19,27-28H/t27-,28+/m1/s1. The van der Waals surface area contributed by atoms with Crippen molar-refractivity contribution in [3.63, 3.8) is 0 Å². The Morgan fingerprint density at radius 2 is 1.30 bits per heavy atom. The number of ether oxygens (including phenoxy) is 1. The molecule has 4 aromatic carbocycles. The average molecular weight is 449 g/mol. The quantitative estimate of drug-likeness (QED) is 0.316. The number of cyclic esters (lactones) is 1. The summed E-state index contributed by atoms with van der Waals surface area (Å²) in [6.45, 7) is 0. The normalized spacial score (nSPS) is 20.4. The molecule has 1 aliphatic heterocycles. The molecule has 1 aliphatic carbocycles. The molecule has 1 fully saturated rings. The van der Waals surface area contributed by atoms with Crippen LogP contribution in [0.25, 0.3) is 5.57 Å². The van der Waals surface area contributed by atoms with Gasteiger partial charge in [0.2, 0.25) is 0 Å². The minimum Gasteiger partial charge on any atom is -0.448 e. The Kier molecular flexibility index (Phi) is 4.70. The van der Waals surface area contributed by atoms with Crippen LogP contribution < -0.4 is 0 Å². The molecule has 0 amide bonds. The van der Waals surface area contributed by atoms with E-state index >= 15 is 0 Å². The summed E-state index contributed by atoms with van der Waals surface area (Å²) in [6, 6.07) is 36.3. The van der Waals surface area contributed by atoms with Gasteiger partial charge in [-0.25, -0.2) is 0 Å². The molecule has 33 heavy (non-hydrogen) atoms. The molecule has 4 aromatic rings. The first-order chi connectivity index (χ1) is 16.2. The number of fused-ring (bicyclic) bond motifs is 3. The van der Waals surface area contributed by atoms with Crippen molar-refractivity contribution in [2.24, 2.45) is 5.92 Å². The first kappa shape index (κ1) is 20.0. The maximum Gasteiger partial charge on any atom is 0.315 e. The van der Waals surface area contributed by atoms with Crippen molar-refractivity contribution in [3.05, 3.63) is 148 Å². The van der Waals surface area contributed by atoms with Crippen molar-refractivity contribution in [3.8, 4) is 0 Å². The second-order valence-electron chi connectivity index (χ2n) is 8.57. The Morgan fingerprint density at radius 1 is 0.727 bits per heavy atom. The lowest BCUT2D eigenvalue weighted by atomic mass is 9.66. The lowest BCUT2D eigenvalue weighted by Gasteiger charge is -2.37. The fourth-order valence-corrected chi connectivity index (χ4v) is 5.60.